The van der Waals surface area contributed by atoms with Gasteiger partial charge in [-0.3, -0.25) is 4.79 Å². The Balaban J connectivity index is 1.70. The Hall–Kier alpha value is -3.05. The molecule has 0 saturated carbocycles. The lowest BCUT2D eigenvalue weighted by Gasteiger charge is -2.09. The molecule has 28 heavy (non-hydrogen) atoms. The molecule has 0 atom stereocenters. The number of nitrogens with one attached hydrogen (secondary N) is 1. The van der Waals surface area contributed by atoms with E-state index in [9.17, 15) is 9.90 Å². The topological polar surface area (TPSA) is 62.3 Å². The molecule has 0 amide bonds. The van der Waals surface area contributed by atoms with Gasteiger partial charge in [0.15, 0.2) is 0 Å². The molecule has 140 valence electrons. The molecule has 0 saturated heterocycles. The second-order valence-electron chi connectivity index (χ2n) is 6.54. The zero-order valence-electron chi connectivity index (χ0n) is 15.0. The molecule has 4 rings (SSSR count). The van der Waals surface area contributed by atoms with Crippen LogP contribution in [-0.2, 0) is 17.8 Å². The summed E-state index contributed by atoms with van der Waals surface area (Å²) in [5, 5.41) is 10.3. The van der Waals surface area contributed by atoms with Crippen LogP contribution in [0.1, 0.15) is 11.1 Å². The van der Waals surface area contributed by atoms with Gasteiger partial charge in [-0.1, -0.05) is 58.4 Å². The van der Waals surface area contributed by atoms with E-state index in [1.807, 2.05) is 72.8 Å². The molecule has 0 aliphatic carbocycles. The van der Waals surface area contributed by atoms with Gasteiger partial charge in [-0.05, 0) is 41.5 Å². The molecule has 0 fully saturated rings. The van der Waals surface area contributed by atoms with Crippen LogP contribution in [0.2, 0.25) is 0 Å². The summed E-state index contributed by atoms with van der Waals surface area (Å²) in [4.78, 5) is 14.8. The Kier molecular flexibility index (Phi) is 5.17. The molecule has 0 aliphatic heterocycles. The molecule has 1 aromatic heterocycles. The maximum absolute atomic E-state index is 11.5. The highest BCUT2D eigenvalue weighted by molar-refractivity contribution is 9.10. The summed E-state index contributed by atoms with van der Waals surface area (Å²) in [7, 11) is 0. The Morgan fingerprint density at radius 2 is 1.82 bits per heavy atom. The second kappa shape index (κ2) is 7.90. The van der Waals surface area contributed by atoms with Crippen LogP contribution in [0.15, 0.2) is 77.3 Å². The zero-order chi connectivity index (χ0) is 19.5. The van der Waals surface area contributed by atoms with Crippen molar-refractivity contribution < 1.29 is 14.6 Å². The molecule has 0 spiro atoms. The smallest absolute Gasteiger partial charge is 0.307 e. The number of halogens is 1. The van der Waals surface area contributed by atoms with E-state index < -0.39 is 5.97 Å². The van der Waals surface area contributed by atoms with E-state index in [-0.39, 0.29) is 6.42 Å². The standard InChI is InChI=1S/C23H18BrNO3/c24-17-9-10-21-19(12-17)20(13-22(26)27)23(25-21)16-7-4-8-18(11-16)28-14-15-5-2-1-3-6-15/h1-12,25H,13-14H2,(H,26,27). The molecular weight excluding hydrogens is 418 g/mol. The highest BCUT2D eigenvalue weighted by Gasteiger charge is 2.16. The molecule has 4 aromatic rings. The lowest BCUT2D eigenvalue weighted by molar-refractivity contribution is -0.136. The average molecular weight is 436 g/mol. The summed E-state index contributed by atoms with van der Waals surface area (Å²) in [6.07, 6.45) is -0.0547. The van der Waals surface area contributed by atoms with Gasteiger partial charge in [0.25, 0.3) is 0 Å². The maximum atomic E-state index is 11.5. The van der Waals surface area contributed by atoms with Gasteiger partial charge >= 0.3 is 5.97 Å². The van der Waals surface area contributed by atoms with Crippen molar-refractivity contribution in [3.05, 3.63) is 88.4 Å². The van der Waals surface area contributed by atoms with E-state index in [1.165, 1.54) is 0 Å². The molecule has 2 N–H and O–H groups in total. The van der Waals surface area contributed by atoms with Crippen LogP contribution >= 0.6 is 15.9 Å². The van der Waals surface area contributed by atoms with Crippen molar-refractivity contribution >= 4 is 32.8 Å². The van der Waals surface area contributed by atoms with Crippen LogP contribution in [0, 0.1) is 0 Å². The van der Waals surface area contributed by atoms with Gasteiger partial charge in [-0.2, -0.15) is 0 Å². The first kappa shape index (κ1) is 18.3. The number of ether oxygens (including phenoxy) is 1. The molecule has 4 nitrogen and oxygen atoms in total. The normalized spacial score (nSPS) is 10.9. The maximum Gasteiger partial charge on any atom is 0.307 e. The summed E-state index contributed by atoms with van der Waals surface area (Å²) in [5.41, 5.74) is 4.47. The summed E-state index contributed by atoms with van der Waals surface area (Å²) in [5.74, 6) is -0.124. The van der Waals surface area contributed by atoms with Gasteiger partial charge in [-0.25, -0.2) is 0 Å². The Bertz CT molecular complexity index is 1140. The molecule has 1 heterocycles. The molecule has 0 aliphatic rings. The van der Waals surface area contributed by atoms with Gasteiger partial charge in [0, 0.05) is 20.9 Å². The third-order valence-electron chi connectivity index (χ3n) is 4.57. The van der Waals surface area contributed by atoms with Crippen LogP contribution < -0.4 is 4.74 Å². The fourth-order valence-corrected chi connectivity index (χ4v) is 3.64. The molecule has 5 heteroatoms. The van der Waals surface area contributed by atoms with E-state index in [4.69, 9.17) is 4.74 Å². The second-order valence-corrected chi connectivity index (χ2v) is 7.46. The van der Waals surface area contributed by atoms with E-state index >= 15 is 0 Å². The number of hydrogen-bond acceptors (Lipinski definition) is 2. The predicted octanol–water partition coefficient (Wildman–Crippen LogP) is 5.80. The van der Waals surface area contributed by atoms with Crippen LogP contribution in [0.25, 0.3) is 22.2 Å². The van der Waals surface area contributed by atoms with Gasteiger partial charge < -0.3 is 14.8 Å². The van der Waals surface area contributed by atoms with Crippen molar-refractivity contribution in [2.24, 2.45) is 0 Å². The number of carboxylic acid groups (broad SMARTS) is 1. The lowest BCUT2D eigenvalue weighted by atomic mass is 10.0. The zero-order valence-corrected chi connectivity index (χ0v) is 16.6. The number of aromatic amines is 1. The highest BCUT2D eigenvalue weighted by Crippen LogP contribution is 2.34. The number of benzene rings is 3. The van der Waals surface area contributed by atoms with Gasteiger partial charge in [-0.15, -0.1) is 0 Å². The third kappa shape index (κ3) is 3.94. The number of aliphatic carboxylic acids is 1. The van der Waals surface area contributed by atoms with E-state index in [0.717, 1.165) is 43.5 Å². The van der Waals surface area contributed by atoms with Crippen LogP contribution in [-0.4, -0.2) is 16.1 Å². The Morgan fingerprint density at radius 3 is 2.61 bits per heavy atom. The van der Waals surface area contributed by atoms with Crippen molar-refractivity contribution in [2.45, 2.75) is 13.0 Å². The minimum Gasteiger partial charge on any atom is -0.489 e. The van der Waals surface area contributed by atoms with Crippen molar-refractivity contribution in [1.29, 1.82) is 0 Å². The summed E-state index contributed by atoms with van der Waals surface area (Å²) in [6, 6.07) is 23.5. The van der Waals surface area contributed by atoms with Gasteiger partial charge in [0.05, 0.1) is 12.1 Å². The fraction of sp³-hybridized carbons (Fsp3) is 0.0870. The first-order chi connectivity index (χ1) is 13.6. The number of H-pyrrole nitrogens is 1. The highest BCUT2D eigenvalue weighted by atomic mass is 79.9. The first-order valence-corrected chi connectivity index (χ1v) is 9.68. The number of carboxylic acids is 1. The fourth-order valence-electron chi connectivity index (χ4n) is 3.28. The molecular formula is C23H18BrNO3. The van der Waals surface area contributed by atoms with Crippen molar-refractivity contribution in [3.8, 4) is 17.0 Å². The monoisotopic (exact) mass is 435 g/mol. The minimum atomic E-state index is -0.862. The third-order valence-corrected chi connectivity index (χ3v) is 5.06. The van der Waals surface area contributed by atoms with E-state index in [0.29, 0.717) is 6.61 Å². The Labute approximate surface area is 170 Å². The summed E-state index contributed by atoms with van der Waals surface area (Å²) < 4.78 is 6.84. The van der Waals surface area contributed by atoms with Crippen molar-refractivity contribution in [3.63, 3.8) is 0 Å². The van der Waals surface area contributed by atoms with Crippen LogP contribution in [0.5, 0.6) is 5.75 Å². The number of fused-ring (bicyclic) bond motifs is 1. The van der Waals surface area contributed by atoms with Gasteiger partial charge in [0.2, 0.25) is 0 Å². The number of aromatic nitrogens is 1. The van der Waals surface area contributed by atoms with Crippen LogP contribution in [0.4, 0.5) is 0 Å². The summed E-state index contributed by atoms with van der Waals surface area (Å²) >= 11 is 3.47. The molecule has 0 bridgehead atoms. The van der Waals surface area contributed by atoms with Gasteiger partial charge in [0.1, 0.15) is 12.4 Å². The Morgan fingerprint density at radius 1 is 1.00 bits per heavy atom. The molecule has 3 aromatic carbocycles. The quantitative estimate of drug-likeness (QED) is 0.401. The largest absolute Gasteiger partial charge is 0.489 e. The first-order valence-electron chi connectivity index (χ1n) is 8.89. The number of rotatable bonds is 6. The van der Waals surface area contributed by atoms with Crippen molar-refractivity contribution in [1.82, 2.24) is 4.98 Å². The van der Waals surface area contributed by atoms with Crippen LogP contribution in [0.3, 0.4) is 0 Å². The van der Waals surface area contributed by atoms with E-state index in [1.54, 1.807) is 0 Å². The lowest BCUT2D eigenvalue weighted by Crippen LogP contribution is -2.01. The van der Waals surface area contributed by atoms with E-state index in [2.05, 4.69) is 20.9 Å². The predicted molar refractivity (Wildman–Crippen MR) is 114 cm³/mol. The number of hydrogen-bond donors (Lipinski definition) is 2. The van der Waals surface area contributed by atoms with Crippen molar-refractivity contribution in [2.75, 3.05) is 0 Å². The molecule has 0 radical (unpaired) electrons. The molecule has 0 unspecified atom stereocenters. The summed E-state index contributed by atoms with van der Waals surface area (Å²) in [6.45, 7) is 0.478. The number of carbonyl (C=O) groups is 1. The average Bonchev–Trinajstić information content (AvgIpc) is 3.04. The minimum absolute atomic E-state index is 0.0547. The SMILES string of the molecule is O=C(O)Cc1c(-c2cccc(OCc3ccccc3)c2)[nH]c2ccc(Br)cc12.